The van der Waals surface area contributed by atoms with Crippen molar-refractivity contribution in [2.24, 2.45) is 0 Å². The van der Waals surface area contributed by atoms with Crippen molar-refractivity contribution in [2.75, 3.05) is 11.1 Å². The number of nitrogens with one attached hydrogen (secondary N) is 1. The maximum atomic E-state index is 12.2. The molecule has 0 spiro atoms. The van der Waals surface area contributed by atoms with Crippen LogP contribution in [0, 0.1) is 6.92 Å². The number of halogens is 2. The van der Waals surface area contributed by atoms with E-state index in [1.165, 1.54) is 6.07 Å². The molecule has 0 unspecified atom stereocenters. The second-order valence-electron chi connectivity index (χ2n) is 5.55. The van der Waals surface area contributed by atoms with E-state index in [0.717, 1.165) is 11.3 Å². The van der Waals surface area contributed by atoms with E-state index in [0.29, 0.717) is 0 Å². The molecule has 0 bridgehead atoms. The zero-order valence-electron chi connectivity index (χ0n) is 14.2. The Bertz CT molecular complexity index is 997. The fourth-order valence-electron chi connectivity index (χ4n) is 2.26. The molecule has 3 aromatic rings. The van der Waals surface area contributed by atoms with E-state index in [-0.39, 0.29) is 39.9 Å². The Labute approximate surface area is 165 Å². The lowest BCUT2D eigenvalue weighted by Gasteiger charge is -2.10. The number of carbonyl (C=O) groups is 1. The minimum absolute atomic E-state index is 0.00733. The van der Waals surface area contributed by atoms with Gasteiger partial charge in [-0.1, -0.05) is 47.5 Å². The molecule has 0 aliphatic heterocycles. The van der Waals surface area contributed by atoms with E-state index in [9.17, 15) is 4.79 Å². The second-order valence-corrected chi connectivity index (χ2v) is 6.34. The van der Waals surface area contributed by atoms with Gasteiger partial charge < -0.3 is 15.8 Å². The molecule has 2 aromatic carbocycles. The van der Waals surface area contributed by atoms with Gasteiger partial charge in [-0.25, -0.2) is 4.79 Å². The Kier molecular flexibility index (Phi) is 5.73. The first-order chi connectivity index (χ1) is 12.9. The number of esters is 1. The van der Waals surface area contributed by atoms with E-state index in [1.807, 2.05) is 31.2 Å². The predicted molar refractivity (Wildman–Crippen MR) is 104 cm³/mol. The first kappa shape index (κ1) is 18.9. The number of nitrogens with two attached hydrogens (primary N) is 1. The maximum Gasteiger partial charge on any atom is 0.340 e. The molecule has 7 nitrogen and oxygen atoms in total. The molecule has 0 saturated heterocycles. The number of hydrogen-bond donors (Lipinski definition) is 2. The van der Waals surface area contributed by atoms with Crippen molar-refractivity contribution in [3.8, 4) is 0 Å². The number of benzene rings is 2. The van der Waals surface area contributed by atoms with Gasteiger partial charge in [0.2, 0.25) is 11.9 Å². The Morgan fingerprint density at radius 1 is 1.11 bits per heavy atom. The highest BCUT2D eigenvalue weighted by atomic mass is 35.5. The summed E-state index contributed by atoms with van der Waals surface area (Å²) in [6, 6.07) is 12.3. The summed E-state index contributed by atoms with van der Waals surface area (Å²) in [5.41, 5.74) is 7.73. The molecule has 138 valence electrons. The zero-order valence-corrected chi connectivity index (χ0v) is 15.8. The lowest BCUT2D eigenvalue weighted by atomic mass is 10.2. The molecule has 9 heteroatoms. The van der Waals surface area contributed by atoms with Crippen LogP contribution in [0.5, 0.6) is 0 Å². The molecule has 0 atom stereocenters. The molecular weight excluding hydrogens is 389 g/mol. The highest BCUT2D eigenvalue weighted by Gasteiger charge is 2.15. The van der Waals surface area contributed by atoms with Crippen molar-refractivity contribution in [1.82, 2.24) is 15.0 Å². The van der Waals surface area contributed by atoms with Gasteiger partial charge in [-0.15, -0.1) is 0 Å². The highest BCUT2D eigenvalue weighted by molar-refractivity contribution is 6.43. The summed E-state index contributed by atoms with van der Waals surface area (Å²) in [6.07, 6.45) is 0. The molecule has 0 radical (unpaired) electrons. The van der Waals surface area contributed by atoms with Crippen molar-refractivity contribution in [2.45, 2.75) is 13.5 Å². The summed E-state index contributed by atoms with van der Waals surface area (Å²) in [6.45, 7) is 1.75. The Balaban J connectivity index is 1.74. The van der Waals surface area contributed by atoms with Crippen molar-refractivity contribution < 1.29 is 9.53 Å². The highest BCUT2D eigenvalue weighted by Crippen LogP contribution is 2.26. The number of ether oxygens (including phenoxy) is 1. The molecule has 1 heterocycles. The quantitative estimate of drug-likeness (QED) is 0.615. The number of nitrogens with zero attached hydrogens (tertiary/aromatic N) is 3. The molecule has 3 N–H and O–H groups in total. The first-order valence-electron chi connectivity index (χ1n) is 7.88. The average Bonchev–Trinajstić information content (AvgIpc) is 2.63. The van der Waals surface area contributed by atoms with Crippen LogP contribution >= 0.6 is 23.2 Å². The van der Waals surface area contributed by atoms with Gasteiger partial charge >= 0.3 is 5.97 Å². The van der Waals surface area contributed by atoms with Crippen LogP contribution in [0.25, 0.3) is 0 Å². The van der Waals surface area contributed by atoms with Crippen molar-refractivity contribution in [3.63, 3.8) is 0 Å². The Morgan fingerprint density at radius 2 is 1.89 bits per heavy atom. The summed E-state index contributed by atoms with van der Waals surface area (Å²) in [5, 5.41) is 3.46. The van der Waals surface area contributed by atoms with Crippen LogP contribution in [0.15, 0.2) is 42.5 Å². The number of rotatable bonds is 5. The number of anilines is 3. The number of aromatic nitrogens is 3. The van der Waals surface area contributed by atoms with E-state index in [1.54, 1.807) is 12.1 Å². The maximum absolute atomic E-state index is 12.2. The second kappa shape index (κ2) is 8.20. The van der Waals surface area contributed by atoms with Gasteiger partial charge in [0.05, 0.1) is 15.6 Å². The van der Waals surface area contributed by atoms with Crippen LogP contribution < -0.4 is 11.1 Å². The summed E-state index contributed by atoms with van der Waals surface area (Å²) < 4.78 is 5.22. The fraction of sp³-hybridized carbons (Fsp3) is 0.111. The average molecular weight is 404 g/mol. The first-order valence-corrected chi connectivity index (χ1v) is 8.64. The molecule has 0 amide bonds. The van der Waals surface area contributed by atoms with Crippen LogP contribution in [0.1, 0.15) is 21.7 Å². The van der Waals surface area contributed by atoms with Crippen molar-refractivity contribution in [1.29, 1.82) is 0 Å². The molecule has 0 aliphatic carbocycles. The summed E-state index contributed by atoms with van der Waals surface area (Å²) >= 11 is 11.9. The summed E-state index contributed by atoms with van der Waals surface area (Å²) in [4.78, 5) is 24.5. The number of nitrogen functional groups attached to an aromatic ring is 1. The van der Waals surface area contributed by atoms with Gasteiger partial charge in [0.15, 0.2) is 12.4 Å². The molecule has 1 aromatic heterocycles. The van der Waals surface area contributed by atoms with Gasteiger partial charge in [0.25, 0.3) is 0 Å². The zero-order chi connectivity index (χ0) is 19.4. The van der Waals surface area contributed by atoms with Crippen molar-refractivity contribution in [3.05, 3.63) is 69.5 Å². The molecule has 0 aliphatic rings. The molecule has 27 heavy (non-hydrogen) atoms. The van der Waals surface area contributed by atoms with Crippen LogP contribution in [-0.4, -0.2) is 20.9 Å². The third-order valence-corrected chi connectivity index (χ3v) is 4.41. The number of carbonyl (C=O) groups excluding carboxylic acids is 1. The van der Waals surface area contributed by atoms with E-state index in [2.05, 4.69) is 20.3 Å². The van der Waals surface area contributed by atoms with Crippen LogP contribution in [0.4, 0.5) is 17.6 Å². The Morgan fingerprint density at radius 3 is 2.67 bits per heavy atom. The topological polar surface area (TPSA) is 103 Å². The van der Waals surface area contributed by atoms with Gasteiger partial charge in [-0.05, 0) is 30.7 Å². The van der Waals surface area contributed by atoms with E-state index >= 15 is 0 Å². The minimum atomic E-state index is -0.644. The van der Waals surface area contributed by atoms with Gasteiger partial charge in [-0.2, -0.15) is 15.0 Å². The Hall–Kier alpha value is -2.90. The SMILES string of the molecule is Cc1ccccc1Nc1nc(N)nc(COC(=O)c2cccc(Cl)c2Cl)n1. The lowest BCUT2D eigenvalue weighted by molar-refractivity contribution is 0.0462. The molecule has 3 rings (SSSR count). The standard InChI is InChI=1S/C18H15Cl2N5O2/c1-10-5-2-3-8-13(10)22-18-24-14(23-17(21)25-18)9-27-16(26)11-6-4-7-12(19)15(11)20/h2-8H,9H2,1H3,(H3,21,22,23,24,25). The summed E-state index contributed by atoms with van der Waals surface area (Å²) in [7, 11) is 0. The van der Waals surface area contributed by atoms with Gasteiger partial charge in [0, 0.05) is 5.69 Å². The predicted octanol–water partition coefficient (Wildman–Crippen LogP) is 4.17. The third kappa shape index (κ3) is 4.64. The fourth-order valence-corrected chi connectivity index (χ4v) is 2.64. The number of hydrogen-bond acceptors (Lipinski definition) is 7. The van der Waals surface area contributed by atoms with Gasteiger partial charge in [0.1, 0.15) is 0 Å². The summed E-state index contributed by atoms with van der Waals surface area (Å²) in [5.74, 6) is -0.184. The molecular formula is C18H15Cl2N5O2. The normalized spacial score (nSPS) is 10.5. The largest absolute Gasteiger partial charge is 0.454 e. The van der Waals surface area contributed by atoms with Crippen LogP contribution in [-0.2, 0) is 11.3 Å². The number of aryl methyl sites for hydroxylation is 1. The van der Waals surface area contributed by atoms with E-state index < -0.39 is 5.97 Å². The van der Waals surface area contributed by atoms with Crippen molar-refractivity contribution >= 4 is 46.8 Å². The monoisotopic (exact) mass is 403 g/mol. The van der Waals surface area contributed by atoms with E-state index in [4.69, 9.17) is 33.7 Å². The number of para-hydroxylation sites is 1. The molecule has 0 saturated carbocycles. The van der Waals surface area contributed by atoms with Gasteiger partial charge in [-0.3, -0.25) is 0 Å². The smallest absolute Gasteiger partial charge is 0.340 e. The third-order valence-electron chi connectivity index (χ3n) is 3.59. The lowest BCUT2D eigenvalue weighted by Crippen LogP contribution is -2.11. The van der Waals surface area contributed by atoms with Crippen LogP contribution in [0.3, 0.4) is 0 Å². The van der Waals surface area contributed by atoms with Crippen LogP contribution in [0.2, 0.25) is 10.0 Å². The molecule has 0 fully saturated rings. The minimum Gasteiger partial charge on any atom is -0.454 e.